The minimum absolute atomic E-state index is 0.675. The number of nitrogens with one attached hydrogen (secondary N) is 1. The van der Waals surface area contributed by atoms with Crippen molar-refractivity contribution in [2.45, 2.75) is 16.6 Å². The van der Waals surface area contributed by atoms with E-state index < -0.39 is 0 Å². The number of nitrogens with zero attached hydrogens (tertiary/aromatic N) is 2. The number of hydrogen-bond acceptors (Lipinski definition) is 5. The van der Waals surface area contributed by atoms with E-state index in [1.165, 1.54) is 11.8 Å². The lowest BCUT2D eigenvalue weighted by Gasteiger charge is -2.11. The lowest BCUT2D eigenvalue weighted by Crippen LogP contribution is -2.19. The number of ether oxygens (including phenoxy) is 1. The normalized spacial score (nSPS) is 10.7. The van der Waals surface area contributed by atoms with Crippen LogP contribution in [0.25, 0.3) is 0 Å². The summed E-state index contributed by atoms with van der Waals surface area (Å²) in [5.74, 6) is 0. The van der Waals surface area contributed by atoms with Crippen LogP contribution in [-0.4, -0.2) is 30.2 Å². The molecule has 6 heteroatoms. The van der Waals surface area contributed by atoms with Crippen molar-refractivity contribution >= 4 is 23.4 Å². The van der Waals surface area contributed by atoms with Gasteiger partial charge in [-0.25, -0.2) is 9.97 Å². The van der Waals surface area contributed by atoms with E-state index in [1.54, 1.807) is 25.6 Å². The van der Waals surface area contributed by atoms with Crippen LogP contribution >= 0.6 is 23.4 Å². The van der Waals surface area contributed by atoms with E-state index in [4.69, 9.17) is 16.3 Å². The van der Waals surface area contributed by atoms with Gasteiger partial charge in [-0.1, -0.05) is 17.7 Å². The zero-order valence-corrected chi connectivity index (χ0v) is 12.7. The molecular weight excluding hydrogens is 294 g/mol. The van der Waals surface area contributed by atoms with E-state index in [1.807, 2.05) is 18.2 Å². The molecule has 0 aliphatic rings. The zero-order chi connectivity index (χ0) is 14.2. The fourth-order valence-electron chi connectivity index (χ4n) is 1.63. The van der Waals surface area contributed by atoms with Gasteiger partial charge in [-0.05, 0) is 35.5 Å². The molecular formula is C14H16ClN3OS. The van der Waals surface area contributed by atoms with Gasteiger partial charge in [0.15, 0.2) is 5.16 Å². The van der Waals surface area contributed by atoms with E-state index in [-0.39, 0.29) is 0 Å². The second kappa shape index (κ2) is 8.21. The van der Waals surface area contributed by atoms with Gasteiger partial charge in [-0.2, -0.15) is 0 Å². The van der Waals surface area contributed by atoms with Crippen molar-refractivity contribution in [2.24, 2.45) is 0 Å². The lowest BCUT2D eigenvalue weighted by atomic mass is 10.2. The second-order valence-corrected chi connectivity index (χ2v) is 5.44. The predicted octanol–water partition coefficient (Wildman–Crippen LogP) is 3.02. The number of halogens is 1. The van der Waals surface area contributed by atoms with E-state index in [0.29, 0.717) is 18.3 Å². The molecule has 1 N–H and O–H groups in total. The molecule has 20 heavy (non-hydrogen) atoms. The topological polar surface area (TPSA) is 47.0 Å². The van der Waals surface area contributed by atoms with Gasteiger partial charge in [0.05, 0.1) is 6.61 Å². The third-order valence-electron chi connectivity index (χ3n) is 2.60. The molecule has 0 bridgehead atoms. The first kappa shape index (κ1) is 15.3. The largest absolute Gasteiger partial charge is 0.383 e. The third-order valence-corrected chi connectivity index (χ3v) is 3.95. The van der Waals surface area contributed by atoms with Gasteiger partial charge in [0, 0.05) is 42.5 Å². The molecule has 1 aromatic heterocycles. The van der Waals surface area contributed by atoms with Crippen molar-refractivity contribution in [2.75, 3.05) is 20.3 Å². The van der Waals surface area contributed by atoms with Crippen LogP contribution in [0, 0.1) is 0 Å². The average Bonchev–Trinajstić information content (AvgIpc) is 2.47. The van der Waals surface area contributed by atoms with Crippen LogP contribution < -0.4 is 5.32 Å². The smallest absolute Gasteiger partial charge is 0.192 e. The molecule has 0 amide bonds. The molecule has 0 spiro atoms. The summed E-state index contributed by atoms with van der Waals surface area (Å²) < 4.78 is 5.02. The Morgan fingerprint density at radius 1 is 1.25 bits per heavy atom. The van der Waals surface area contributed by atoms with E-state index in [0.717, 1.165) is 22.0 Å². The molecule has 2 rings (SSSR count). The highest BCUT2D eigenvalue weighted by Gasteiger charge is 2.09. The fourth-order valence-corrected chi connectivity index (χ4v) is 2.80. The van der Waals surface area contributed by atoms with E-state index >= 15 is 0 Å². The standard InChI is InChI=1S/C14H16ClN3OS/c1-19-9-8-16-10-11-12(15)4-2-5-13(11)20-14-17-6-3-7-18-14/h2-7,16H,8-10H2,1H3. The van der Waals surface area contributed by atoms with Gasteiger partial charge in [0.25, 0.3) is 0 Å². The summed E-state index contributed by atoms with van der Waals surface area (Å²) in [6.07, 6.45) is 3.47. The molecule has 0 saturated heterocycles. The van der Waals surface area contributed by atoms with Gasteiger partial charge < -0.3 is 10.1 Å². The molecule has 106 valence electrons. The summed E-state index contributed by atoms with van der Waals surface area (Å²) in [5, 5.41) is 4.77. The zero-order valence-electron chi connectivity index (χ0n) is 11.2. The Morgan fingerprint density at radius 2 is 2.05 bits per heavy atom. The van der Waals surface area contributed by atoms with Crippen LogP contribution in [-0.2, 0) is 11.3 Å². The Hall–Kier alpha value is -1.14. The van der Waals surface area contributed by atoms with Crippen molar-refractivity contribution in [1.29, 1.82) is 0 Å². The summed E-state index contributed by atoms with van der Waals surface area (Å²) in [6, 6.07) is 7.66. The molecule has 0 fully saturated rings. The molecule has 0 unspecified atom stereocenters. The molecule has 0 aliphatic heterocycles. The molecule has 0 radical (unpaired) electrons. The summed E-state index contributed by atoms with van der Waals surface area (Å²) in [4.78, 5) is 9.51. The van der Waals surface area contributed by atoms with Gasteiger partial charge in [-0.15, -0.1) is 0 Å². The minimum atomic E-state index is 0.675. The van der Waals surface area contributed by atoms with Crippen LogP contribution in [0.1, 0.15) is 5.56 Å². The summed E-state index contributed by atoms with van der Waals surface area (Å²) >= 11 is 7.80. The molecule has 1 heterocycles. The number of aromatic nitrogens is 2. The Labute approximate surface area is 127 Å². The van der Waals surface area contributed by atoms with Gasteiger partial charge in [-0.3, -0.25) is 0 Å². The maximum atomic E-state index is 6.28. The fraction of sp³-hybridized carbons (Fsp3) is 0.286. The number of methoxy groups -OCH3 is 1. The van der Waals surface area contributed by atoms with Crippen LogP contribution in [0.4, 0.5) is 0 Å². The van der Waals surface area contributed by atoms with Crippen molar-refractivity contribution in [3.8, 4) is 0 Å². The maximum Gasteiger partial charge on any atom is 0.192 e. The first-order valence-electron chi connectivity index (χ1n) is 6.23. The highest BCUT2D eigenvalue weighted by Crippen LogP contribution is 2.31. The Morgan fingerprint density at radius 3 is 2.80 bits per heavy atom. The Balaban J connectivity index is 2.09. The molecule has 0 atom stereocenters. The number of hydrogen-bond donors (Lipinski definition) is 1. The van der Waals surface area contributed by atoms with E-state index in [2.05, 4.69) is 15.3 Å². The van der Waals surface area contributed by atoms with Crippen LogP contribution in [0.15, 0.2) is 46.7 Å². The highest BCUT2D eigenvalue weighted by atomic mass is 35.5. The first-order chi connectivity index (χ1) is 9.81. The van der Waals surface area contributed by atoms with Crippen LogP contribution in [0.2, 0.25) is 5.02 Å². The summed E-state index contributed by atoms with van der Waals surface area (Å²) in [7, 11) is 1.69. The Bertz CT molecular complexity index is 539. The Kier molecular flexibility index (Phi) is 6.26. The first-order valence-corrected chi connectivity index (χ1v) is 7.42. The second-order valence-electron chi connectivity index (χ2n) is 4.02. The molecule has 0 saturated carbocycles. The van der Waals surface area contributed by atoms with Gasteiger partial charge in [0.2, 0.25) is 0 Å². The molecule has 2 aromatic rings. The quantitative estimate of drug-likeness (QED) is 0.629. The van der Waals surface area contributed by atoms with Crippen molar-refractivity contribution < 1.29 is 4.74 Å². The van der Waals surface area contributed by atoms with Crippen LogP contribution in [0.5, 0.6) is 0 Å². The van der Waals surface area contributed by atoms with Gasteiger partial charge >= 0.3 is 0 Å². The third kappa shape index (κ3) is 4.45. The predicted molar refractivity (Wildman–Crippen MR) is 81.2 cm³/mol. The molecule has 4 nitrogen and oxygen atoms in total. The van der Waals surface area contributed by atoms with Gasteiger partial charge in [0.1, 0.15) is 0 Å². The van der Waals surface area contributed by atoms with Crippen molar-refractivity contribution in [3.05, 3.63) is 47.2 Å². The average molecular weight is 310 g/mol. The number of rotatable bonds is 7. The summed E-state index contributed by atoms with van der Waals surface area (Å²) in [6.45, 7) is 2.15. The van der Waals surface area contributed by atoms with Crippen LogP contribution in [0.3, 0.4) is 0 Å². The number of benzene rings is 1. The van der Waals surface area contributed by atoms with Crippen molar-refractivity contribution in [1.82, 2.24) is 15.3 Å². The SMILES string of the molecule is COCCNCc1c(Cl)cccc1Sc1ncccn1. The minimum Gasteiger partial charge on any atom is -0.383 e. The van der Waals surface area contributed by atoms with Crippen molar-refractivity contribution in [3.63, 3.8) is 0 Å². The summed E-state index contributed by atoms with van der Waals surface area (Å²) in [5.41, 5.74) is 1.06. The maximum absolute atomic E-state index is 6.28. The lowest BCUT2D eigenvalue weighted by molar-refractivity contribution is 0.199. The monoisotopic (exact) mass is 309 g/mol. The molecule has 1 aromatic carbocycles. The molecule has 0 aliphatic carbocycles. The highest BCUT2D eigenvalue weighted by molar-refractivity contribution is 7.99. The van der Waals surface area contributed by atoms with E-state index in [9.17, 15) is 0 Å².